The number of nitrogens with zero attached hydrogens (tertiary/aromatic N) is 2. The maximum Gasteiger partial charge on any atom is 0.226 e. The molecule has 0 aliphatic heterocycles. The van der Waals surface area contributed by atoms with Crippen LogP contribution in [-0.2, 0) is 17.9 Å². The molecule has 0 fully saturated rings. The Bertz CT molecular complexity index is 950. The van der Waals surface area contributed by atoms with Crippen molar-refractivity contribution >= 4 is 34.8 Å². The molecule has 3 rings (SSSR count). The molecular weight excluding hydrogens is 397 g/mol. The van der Waals surface area contributed by atoms with Crippen LogP contribution in [0.1, 0.15) is 25.2 Å². The second kappa shape index (κ2) is 9.13. The lowest BCUT2D eigenvalue weighted by molar-refractivity contribution is -0.118. The summed E-state index contributed by atoms with van der Waals surface area (Å²) in [5, 5.41) is 4.06. The van der Waals surface area contributed by atoms with Crippen LogP contribution < -0.4 is 10.1 Å². The van der Waals surface area contributed by atoms with Gasteiger partial charge < -0.3 is 14.6 Å². The molecule has 7 heteroatoms. The summed E-state index contributed by atoms with van der Waals surface area (Å²) < 4.78 is 7.85. The Morgan fingerprint density at radius 2 is 1.93 bits per heavy atom. The molecule has 5 nitrogen and oxygen atoms in total. The number of anilines is 1. The second-order valence-corrected chi connectivity index (χ2v) is 7.58. The van der Waals surface area contributed by atoms with Crippen LogP contribution in [-0.4, -0.2) is 15.5 Å². The minimum absolute atomic E-state index is 0.0344. The first-order valence-electron chi connectivity index (χ1n) is 8.89. The van der Waals surface area contributed by atoms with Crippen molar-refractivity contribution in [2.75, 3.05) is 5.32 Å². The monoisotopic (exact) mass is 417 g/mol. The van der Waals surface area contributed by atoms with E-state index in [0.29, 0.717) is 34.6 Å². The summed E-state index contributed by atoms with van der Waals surface area (Å²) in [5.74, 6) is 1.31. The molecule has 1 aromatic heterocycles. The Balaban J connectivity index is 1.66. The van der Waals surface area contributed by atoms with Gasteiger partial charge in [0.25, 0.3) is 0 Å². The van der Waals surface area contributed by atoms with E-state index in [2.05, 4.69) is 10.3 Å². The van der Waals surface area contributed by atoms with Crippen molar-refractivity contribution in [3.63, 3.8) is 0 Å². The molecule has 1 N–H and O–H groups in total. The molecule has 3 aromatic rings. The maximum absolute atomic E-state index is 11.9. The molecule has 0 bridgehead atoms. The highest BCUT2D eigenvalue weighted by Gasteiger charge is 2.09. The Morgan fingerprint density at radius 1 is 1.18 bits per heavy atom. The highest BCUT2D eigenvalue weighted by molar-refractivity contribution is 6.34. The largest absolute Gasteiger partial charge is 0.486 e. The Kier molecular flexibility index (Phi) is 6.60. The van der Waals surface area contributed by atoms with Gasteiger partial charge in [-0.2, -0.15) is 0 Å². The molecule has 0 spiro atoms. The fraction of sp³-hybridized carbons (Fsp3) is 0.238. The lowest BCUT2D eigenvalue weighted by atomic mass is 10.2. The molecule has 28 heavy (non-hydrogen) atoms. The Labute approximate surface area is 174 Å². The van der Waals surface area contributed by atoms with Gasteiger partial charge >= 0.3 is 0 Å². The second-order valence-electron chi connectivity index (χ2n) is 6.71. The summed E-state index contributed by atoms with van der Waals surface area (Å²) in [5.41, 5.74) is 1.68. The summed E-state index contributed by atoms with van der Waals surface area (Å²) >= 11 is 12.2. The van der Waals surface area contributed by atoms with Crippen LogP contribution in [0.2, 0.25) is 10.0 Å². The number of carbonyl (C=O) groups excluding carboxylic acids is 1. The SMILES string of the molecule is CC(C)C(=O)Nc1cccc(OCc2nccn2Cc2cc(Cl)cc(Cl)c2)c1. The molecule has 0 unspecified atom stereocenters. The zero-order chi connectivity index (χ0) is 20.1. The van der Waals surface area contributed by atoms with Gasteiger partial charge in [0.15, 0.2) is 0 Å². The number of nitrogens with one attached hydrogen (secondary N) is 1. The van der Waals surface area contributed by atoms with Crippen molar-refractivity contribution in [3.8, 4) is 5.75 Å². The van der Waals surface area contributed by atoms with E-state index < -0.39 is 0 Å². The van der Waals surface area contributed by atoms with Crippen LogP contribution in [0.25, 0.3) is 0 Å². The quantitative estimate of drug-likeness (QED) is 0.558. The van der Waals surface area contributed by atoms with E-state index in [1.807, 2.05) is 54.9 Å². The van der Waals surface area contributed by atoms with E-state index in [0.717, 1.165) is 11.4 Å². The third kappa shape index (κ3) is 5.50. The molecule has 0 atom stereocenters. The molecule has 0 saturated carbocycles. The fourth-order valence-corrected chi connectivity index (χ4v) is 3.19. The predicted molar refractivity (Wildman–Crippen MR) is 112 cm³/mol. The number of carbonyl (C=O) groups is 1. The molecule has 0 aliphatic carbocycles. The number of rotatable bonds is 7. The zero-order valence-corrected chi connectivity index (χ0v) is 17.2. The van der Waals surface area contributed by atoms with E-state index in [1.165, 1.54) is 0 Å². The minimum Gasteiger partial charge on any atom is -0.486 e. The van der Waals surface area contributed by atoms with Crippen molar-refractivity contribution in [3.05, 3.63) is 76.3 Å². The molecule has 146 valence electrons. The van der Waals surface area contributed by atoms with E-state index >= 15 is 0 Å². The van der Waals surface area contributed by atoms with Gasteiger partial charge in [0.2, 0.25) is 5.91 Å². The first-order valence-corrected chi connectivity index (χ1v) is 9.65. The zero-order valence-electron chi connectivity index (χ0n) is 15.7. The van der Waals surface area contributed by atoms with Crippen LogP contribution in [0, 0.1) is 5.92 Å². The average molecular weight is 418 g/mol. The van der Waals surface area contributed by atoms with Gasteiger partial charge in [0.05, 0.1) is 0 Å². The number of imidazole rings is 1. The number of ether oxygens (including phenoxy) is 1. The van der Waals surface area contributed by atoms with Crippen LogP contribution in [0.5, 0.6) is 5.75 Å². The third-order valence-electron chi connectivity index (χ3n) is 4.07. The summed E-state index contributed by atoms with van der Waals surface area (Å²) in [7, 11) is 0. The van der Waals surface area contributed by atoms with Gasteiger partial charge in [-0.3, -0.25) is 4.79 Å². The van der Waals surface area contributed by atoms with Gasteiger partial charge in [-0.1, -0.05) is 43.1 Å². The average Bonchev–Trinajstić information content (AvgIpc) is 3.06. The van der Waals surface area contributed by atoms with E-state index in [-0.39, 0.29) is 11.8 Å². The molecule has 0 radical (unpaired) electrons. The standard InChI is InChI=1S/C21H21Cl2N3O2/c1-14(2)21(27)25-18-4-3-5-19(11-18)28-13-20-24-6-7-26(20)12-15-8-16(22)10-17(23)9-15/h3-11,14H,12-13H2,1-2H3,(H,25,27). The number of hydrogen-bond acceptors (Lipinski definition) is 3. The van der Waals surface area contributed by atoms with Crippen LogP contribution in [0.3, 0.4) is 0 Å². The van der Waals surface area contributed by atoms with Gasteiger partial charge in [-0.15, -0.1) is 0 Å². The highest BCUT2D eigenvalue weighted by atomic mass is 35.5. The fourth-order valence-electron chi connectivity index (χ4n) is 2.62. The summed E-state index contributed by atoms with van der Waals surface area (Å²) in [6, 6.07) is 12.8. The van der Waals surface area contributed by atoms with Crippen molar-refractivity contribution in [2.24, 2.45) is 5.92 Å². The predicted octanol–water partition coefficient (Wildman–Crippen LogP) is 5.41. The van der Waals surface area contributed by atoms with Gasteiger partial charge in [0, 0.05) is 46.7 Å². The number of halogens is 2. The first-order chi connectivity index (χ1) is 13.4. The topological polar surface area (TPSA) is 56.1 Å². The van der Waals surface area contributed by atoms with Gasteiger partial charge in [-0.05, 0) is 35.9 Å². The van der Waals surface area contributed by atoms with E-state index in [9.17, 15) is 4.79 Å². The van der Waals surface area contributed by atoms with Crippen molar-refractivity contribution < 1.29 is 9.53 Å². The van der Waals surface area contributed by atoms with Crippen molar-refractivity contribution in [1.29, 1.82) is 0 Å². The van der Waals surface area contributed by atoms with E-state index in [4.69, 9.17) is 27.9 Å². The van der Waals surface area contributed by atoms with Crippen LogP contribution >= 0.6 is 23.2 Å². The Morgan fingerprint density at radius 3 is 2.64 bits per heavy atom. The number of aromatic nitrogens is 2. The van der Waals surface area contributed by atoms with Crippen LogP contribution in [0.15, 0.2) is 54.9 Å². The first kappa shape index (κ1) is 20.2. The van der Waals surface area contributed by atoms with Gasteiger partial charge in [0.1, 0.15) is 18.2 Å². The lowest BCUT2D eigenvalue weighted by Gasteiger charge is -2.12. The van der Waals surface area contributed by atoms with Crippen LogP contribution in [0.4, 0.5) is 5.69 Å². The highest BCUT2D eigenvalue weighted by Crippen LogP contribution is 2.21. The summed E-state index contributed by atoms with van der Waals surface area (Å²) in [6.07, 6.45) is 3.61. The van der Waals surface area contributed by atoms with E-state index in [1.54, 1.807) is 18.3 Å². The minimum atomic E-state index is -0.0861. The normalized spacial score (nSPS) is 10.9. The van der Waals surface area contributed by atoms with Crippen molar-refractivity contribution in [1.82, 2.24) is 9.55 Å². The van der Waals surface area contributed by atoms with Gasteiger partial charge in [-0.25, -0.2) is 4.98 Å². The summed E-state index contributed by atoms with van der Waals surface area (Å²) in [4.78, 5) is 16.2. The maximum atomic E-state index is 11.9. The molecule has 0 saturated heterocycles. The molecule has 2 aromatic carbocycles. The summed E-state index contributed by atoms with van der Waals surface area (Å²) in [6.45, 7) is 4.58. The lowest BCUT2D eigenvalue weighted by Crippen LogP contribution is -2.17. The number of hydrogen-bond donors (Lipinski definition) is 1. The smallest absolute Gasteiger partial charge is 0.226 e. The Hall–Kier alpha value is -2.50. The molecule has 0 aliphatic rings. The number of benzene rings is 2. The molecular formula is C21H21Cl2N3O2. The molecule has 1 heterocycles. The number of amides is 1. The molecule has 1 amide bonds. The third-order valence-corrected chi connectivity index (χ3v) is 4.51. The van der Waals surface area contributed by atoms with Crippen molar-refractivity contribution in [2.45, 2.75) is 27.0 Å².